The van der Waals surface area contributed by atoms with E-state index < -0.39 is 0 Å². The van der Waals surface area contributed by atoms with Crippen molar-refractivity contribution in [1.82, 2.24) is 20.4 Å². The van der Waals surface area contributed by atoms with Crippen LogP contribution in [0.2, 0.25) is 5.02 Å². The Bertz CT molecular complexity index is 735. The molecule has 0 bridgehead atoms. The third-order valence-corrected chi connectivity index (χ3v) is 4.88. The lowest BCUT2D eigenvalue weighted by Gasteiger charge is -2.30. The SMILES string of the molecule is COCCCNC(=O)C1CCCN(Cc2nc(-c3ccc(Cl)cc3)no2)C1. The van der Waals surface area contributed by atoms with Gasteiger partial charge in [0.25, 0.3) is 0 Å². The molecule has 1 aromatic heterocycles. The minimum absolute atomic E-state index is 0.0000445. The number of amides is 1. The van der Waals surface area contributed by atoms with Crippen LogP contribution in [0.3, 0.4) is 0 Å². The Balaban J connectivity index is 1.52. The van der Waals surface area contributed by atoms with Gasteiger partial charge in [-0.15, -0.1) is 0 Å². The van der Waals surface area contributed by atoms with Crippen LogP contribution in [0, 0.1) is 5.92 Å². The van der Waals surface area contributed by atoms with Crippen LogP contribution in [0.25, 0.3) is 11.4 Å². The summed E-state index contributed by atoms with van der Waals surface area (Å²) in [6.07, 6.45) is 2.72. The number of aromatic nitrogens is 2. The Morgan fingerprint density at radius 2 is 2.22 bits per heavy atom. The van der Waals surface area contributed by atoms with E-state index in [2.05, 4.69) is 20.4 Å². The van der Waals surface area contributed by atoms with Crippen molar-refractivity contribution in [2.24, 2.45) is 5.92 Å². The van der Waals surface area contributed by atoms with E-state index in [1.165, 1.54) is 0 Å². The number of carbonyl (C=O) groups is 1. The Hall–Kier alpha value is -1.96. The summed E-state index contributed by atoms with van der Waals surface area (Å²) in [5, 5.41) is 7.71. The second-order valence-corrected chi connectivity index (χ2v) is 7.17. The lowest BCUT2D eigenvalue weighted by atomic mass is 9.97. The average Bonchev–Trinajstić information content (AvgIpc) is 3.14. The zero-order valence-electron chi connectivity index (χ0n) is 15.5. The van der Waals surface area contributed by atoms with Crippen LogP contribution in [0.4, 0.5) is 0 Å². The van der Waals surface area contributed by atoms with Gasteiger partial charge in [-0.1, -0.05) is 16.8 Å². The number of hydrogen-bond acceptors (Lipinski definition) is 6. The molecule has 2 aromatic rings. The summed E-state index contributed by atoms with van der Waals surface area (Å²) < 4.78 is 10.4. The highest BCUT2D eigenvalue weighted by Gasteiger charge is 2.26. The molecule has 1 unspecified atom stereocenters. The Labute approximate surface area is 164 Å². The summed E-state index contributed by atoms with van der Waals surface area (Å²) in [6.45, 7) is 3.48. The van der Waals surface area contributed by atoms with Gasteiger partial charge in [0.2, 0.25) is 17.6 Å². The van der Waals surface area contributed by atoms with Crippen LogP contribution in [0.15, 0.2) is 28.8 Å². The van der Waals surface area contributed by atoms with Gasteiger partial charge < -0.3 is 14.6 Å². The van der Waals surface area contributed by atoms with Crippen molar-refractivity contribution < 1.29 is 14.1 Å². The number of methoxy groups -OCH3 is 1. The average molecular weight is 393 g/mol. The van der Waals surface area contributed by atoms with Crippen LogP contribution < -0.4 is 5.32 Å². The van der Waals surface area contributed by atoms with Gasteiger partial charge in [0.05, 0.1) is 12.5 Å². The molecule has 1 aliphatic heterocycles. The fraction of sp³-hybridized carbons (Fsp3) is 0.526. The standard InChI is InChI=1S/C19H25ClN4O3/c1-26-11-3-9-21-19(25)15-4-2-10-24(12-15)13-17-22-18(23-27-17)14-5-7-16(20)8-6-14/h5-8,15H,2-4,9-13H2,1H3,(H,21,25). The second-order valence-electron chi connectivity index (χ2n) is 6.73. The molecule has 1 saturated heterocycles. The number of nitrogens with one attached hydrogen (secondary N) is 1. The highest BCUT2D eigenvalue weighted by atomic mass is 35.5. The highest BCUT2D eigenvalue weighted by Crippen LogP contribution is 2.21. The number of rotatable bonds is 8. The summed E-state index contributed by atoms with van der Waals surface area (Å²) in [7, 11) is 1.66. The van der Waals surface area contributed by atoms with Gasteiger partial charge in [-0.25, -0.2) is 0 Å². The summed E-state index contributed by atoms with van der Waals surface area (Å²) in [4.78, 5) is 19.0. The number of likely N-dealkylation sites (tertiary alicyclic amines) is 1. The number of carbonyl (C=O) groups excluding carboxylic acids is 1. The monoisotopic (exact) mass is 392 g/mol. The summed E-state index contributed by atoms with van der Waals surface area (Å²) in [6, 6.07) is 7.32. The van der Waals surface area contributed by atoms with Crippen LogP contribution >= 0.6 is 11.6 Å². The molecule has 3 rings (SSSR count). The molecule has 1 fully saturated rings. The van der Waals surface area contributed by atoms with E-state index in [4.69, 9.17) is 20.9 Å². The molecule has 27 heavy (non-hydrogen) atoms. The molecule has 1 aromatic carbocycles. The van der Waals surface area contributed by atoms with Crippen molar-refractivity contribution in [1.29, 1.82) is 0 Å². The second kappa shape index (κ2) is 9.82. The number of nitrogens with zero attached hydrogens (tertiary/aromatic N) is 3. The minimum Gasteiger partial charge on any atom is -0.385 e. The Morgan fingerprint density at radius 1 is 1.41 bits per heavy atom. The molecule has 0 radical (unpaired) electrons. The topological polar surface area (TPSA) is 80.5 Å². The molecule has 0 aliphatic carbocycles. The largest absolute Gasteiger partial charge is 0.385 e. The van der Waals surface area contributed by atoms with Gasteiger partial charge in [-0.3, -0.25) is 9.69 Å². The van der Waals surface area contributed by atoms with Crippen LogP contribution in [0.5, 0.6) is 0 Å². The summed E-state index contributed by atoms with van der Waals surface area (Å²) in [5.41, 5.74) is 0.862. The summed E-state index contributed by atoms with van der Waals surface area (Å²) >= 11 is 5.91. The van der Waals surface area contributed by atoms with Gasteiger partial charge in [0, 0.05) is 37.4 Å². The van der Waals surface area contributed by atoms with E-state index >= 15 is 0 Å². The molecule has 146 valence electrons. The van der Waals surface area contributed by atoms with Gasteiger partial charge in [0.15, 0.2) is 0 Å². The first-order chi connectivity index (χ1) is 13.2. The third-order valence-electron chi connectivity index (χ3n) is 4.63. The lowest BCUT2D eigenvalue weighted by molar-refractivity contribution is -0.126. The van der Waals surface area contributed by atoms with Crippen molar-refractivity contribution in [3.63, 3.8) is 0 Å². The highest BCUT2D eigenvalue weighted by molar-refractivity contribution is 6.30. The van der Waals surface area contributed by atoms with Crippen LogP contribution in [-0.4, -0.2) is 54.3 Å². The van der Waals surface area contributed by atoms with Gasteiger partial charge in [-0.2, -0.15) is 4.98 Å². The maximum Gasteiger partial charge on any atom is 0.241 e. The first-order valence-electron chi connectivity index (χ1n) is 9.23. The molecule has 8 heteroatoms. The van der Waals surface area contributed by atoms with Crippen molar-refractivity contribution in [2.45, 2.75) is 25.8 Å². The number of halogens is 1. The van der Waals surface area contributed by atoms with E-state index in [-0.39, 0.29) is 11.8 Å². The molecule has 1 atom stereocenters. The predicted molar refractivity (Wildman–Crippen MR) is 102 cm³/mol. The van der Waals surface area contributed by atoms with Gasteiger partial charge in [0.1, 0.15) is 0 Å². The normalized spacial score (nSPS) is 17.8. The minimum atomic E-state index is -0.0000445. The number of piperidine rings is 1. The van der Waals surface area contributed by atoms with E-state index in [0.717, 1.165) is 31.4 Å². The number of benzene rings is 1. The van der Waals surface area contributed by atoms with Gasteiger partial charge in [-0.05, 0) is 50.1 Å². The third kappa shape index (κ3) is 5.76. The molecule has 1 amide bonds. The lowest BCUT2D eigenvalue weighted by Crippen LogP contribution is -2.43. The first-order valence-corrected chi connectivity index (χ1v) is 9.61. The van der Waals surface area contributed by atoms with Crippen LogP contribution in [-0.2, 0) is 16.1 Å². The van der Waals surface area contributed by atoms with Crippen LogP contribution in [0.1, 0.15) is 25.2 Å². The smallest absolute Gasteiger partial charge is 0.241 e. The quantitative estimate of drug-likeness (QED) is 0.696. The zero-order chi connectivity index (χ0) is 19.1. The Kier molecular flexibility index (Phi) is 7.20. The maximum absolute atomic E-state index is 12.3. The maximum atomic E-state index is 12.3. The van der Waals surface area contributed by atoms with Crippen molar-refractivity contribution in [3.8, 4) is 11.4 Å². The summed E-state index contributed by atoms with van der Waals surface area (Å²) in [5.74, 6) is 1.22. The Morgan fingerprint density at radius 3 is 3.00 bits per heavy atom. The van der Waals surface area contributed by atoms with E-state index in [0.29, 0.717) is 43.0 Å². The molecule has 1 aliphatic rings. The number of ether oxygens (including phenoxy) is 1. The molecule has 7 nitrogen and oxygen atoms in total. The predicted octanol–water partition coefficient (Wildman–Crippen LogP) is 2.75. The molecule has 2 heterocycles. The van der Waals surface area contributed by atoms with E-state index in [1.807, 2.05) is 12.1 Å². The molecular formula is C19H25ClN4O3. The fourth-order valence-electron chi connectivity index (χ4n) is 3.21. The van der Waals surface area contributed by atoms with E-state index in [1.54, 1.807) is 19.2 Å². The zero-order valence-corrected chi connectivity index (χ0v) is 16.2. The molecule has 1 N–H and O–H groups in total. The fourth-order valence-corrected chi connectivity index (χ4v) is 3.34. The molecule has 0 saturated carbocycles. The molecular weight excluding hydrogens is 368 g/mol. The van der Waals surface area contributed by atoms with Crippen molar-refractivity contribution >= 4 is 17.5 Å². The number of hydrogen-bond donors (Lipinski definition) is 1. The van der Waals surface area contributed by atoms with E-state index in [9.17, 15) is 4.79 Å². The van der Waals surface area contributed by atoms with Gasteiger partial charge >= 0.3 is 0 Å². The first kappa shape index (κ1) is 19.8. The molecule has 0 spiro atoms. The van der Waals surface area contributed by atoms with Crippen molar-refractivity contribution in [2.75, 3.05) is 33.4 Å². The van der Waals surface area contributed by atoms with Crippen molar-refractivity contribution in [3.05, 3.63) is 35.2 Å².